The lowest BCUT2D eigenvalue weighted by Gasteiger charge is -2.20. The van der Waals surface area contributed by atoms with Crippen LogP contribution in [0.2, 0.25) is 0 Å². The van der Waals surface area contributed by atoms with Crippen LogP contribution in [0.25, 0.3) is 0 Å². The molecule has 1 heterocycles. The number of hydrogen-bond donors (Lipinski definition) is 1. The van der Waals surface area contributed by atoms with Crippen LogP contribution in [-0.2, 0) is 22.4 Å². The number of anilines is 1. The number of alkyl halides is 6. The lowest BCUT2D eigenvalue weighted by atomic mass is 10.1. The van der Waals surface area contributed by atoms with Gasteiger partial charge < -0.3 is 19.1 Å². The summed E-state index contributed by atoms with van der Waals surface area (Å²) in [6, 6.07) is 10.1. The molecule has 0 radical (unpaired) electrons. The minimum atomic E-state index is -4.88. The average molecular weight is 591 g/mol. The summed E-state index contributed by atoms with van der Waals surface area (Å²) >= 11 is 0. The van der Waals surface area contributed by atoms with Gasteiger partial charge in [0.05, 0.1) is 28.8 Å². The Kier molecular flexibility index (Phi) is 8.13. The highest BCUT2D eigenvalue weighted by molar-refractivity contribution is 7.92. The molecular formula is C26H24F6N2O5S. The van der Waals surface area contributed by atoms with Crippen molar-refractivity contribution in [2.75, 3.05) is 32.0 Å². The molecule has 14 heteroatoms. The van der Waals surface area contributed by atoms with E-state index in [1.165, 1.54) is 31.4 Å². The van der Waals surface area contributed by atoms with Gasteiger partial charge in [0.25, 0.3) is 10.0 Å². The summed E-state index contributed by atoms with van der Waals surface area (Å²) in [7, 11) is -1.43. The maximum Gasteiger partial charge on any atom is 0.419 e. The molecule has 0 aromatic heterocycles. The standard InChI is InChI=1S/C26H24F6N2O5S/c1-34-11-10-19(15-34)39-23-12-16(6-8-21(23)25(27,28)29)33-40(35,36)20-7-9-22(26(30,31)32)24(14-20)38-18-5-3-4-17(13-18)37-2/h3-9,12-14,19,33H,10-11,15H2,1-2H3/t19-/m1/s1. The van der Waals surface area contributed by atoms with Gasteiger partial charge in [0, 0.05) is 31.3 Å². The molecule has 7 nitrogen and oxygen atoms in total. The molecule has 3 aromatic carbocycles. The molecule has 216 valence electrons. The summed E-state index contributed by atoms with van der Waals surface area (Å²) in [5.74, 6) is -1.12. The summed E-state index contributed by atoms with van der Waals surface area (Å²) < 4.78 is 126. The van der Waals surface area contributed by atoms with Crippen LogP contribution in [0, 0.1) is 0 Å². The second-order valence-corrected chi connectivity index (χ2v) is 10.7. The first-order chi connectivity index (χ1) is 18.7. The van der Waals surface area contributed by atoms with Gasteiger partial charge in [-0.3, -0.25) is 4.72 Å². The molecule has 0 spiro atoms. The Labute approximate surface area is 226 Å². The first-order valence-corrected chi connectivity index (χ1v) is 13.3. The number of methoxy groups -OCH3 is 1. The van der Waals surface area contributed by atoms with Crippen LogP contribution in [0.3, 0.4) is 0 Å². The fourth-order valence-corrected chi connectivity index (χ4v) is 5.15. The molecule has 0 amide bonds. The van der Waals surface area contributed by atoms with E-state index in [0.717, 1.165) is 18.2 Å². The zero-order chi connectivity index (χ0) is 29.3. The lowest BCUT2D eigenvalue weighted by molar-refractivity contribution is -0.139. The molecule has 0 bridgehead atoms. The first kappa shape index (κ1) is 29.3. The molecule has 1 atom stereocenters. The molecule has 1 N–H and O–H groups in total. The third-order valence-electron chi connectivity index (χ3n) is 6.02. The summed E-state index contributed by atoms with van der Waals surface area (Å²) in [4.78, 5) is 1.26. The van der Waals surface area contributed by atoms with Gasteiger partial charge in [0.15, 0.2) is 0 Å². The van der Waals surface area contributed by atoms with Gasteiger partial charge in [0.2, 0.25) is 0 Å². The monoisotopic (exact) mass is 590 g/mol. The van der Waals surface area contributed by atoms with Gasteiger partial charge in [-0.05, 0) is 49.9 Å². The van der Waals surface area contributed by atoms with Crippen LogP contribution in [0.5, 0.6) is 23.0 Å². The number of rotatable bonds is 8. The van der Waals surface area contributed by atoms with E-state index in [1.807, 2.05) is 4.90 Å². The highest BCUT2D eigenvalue weighted by atomic mass is 32.2. The minimum absolute atomic E-state index is 0.0468. The zero-order valence-electron chi connectivity index (χ0n) is 21.1. The van der Waals surface area contributed by atoms with Crippen LogP contribution in [0.1, 0.15) is 17.5 Å². The molecule has 3 aromatic rings. The third kappa shape index (κ3) is 6.91. The topological polar surface area (TPSA) is 77.1 Å². The Morgan fingerprint density at radius 1 is 0.875 bits per heavy atom. The lowest BCUT2D eigenvalue weighted by Crippen LogP contribution is -2.23. The number of nitrogens with one attached hydrogen (secondary N) is 1. The van der Waals surface area contributed by atoms with Crippen molar-refractivity contribution in [3.05, 3.63) is 71.8 Å². The number of nitrogens with zero attached hydrogens (tertiary/aromatic N) is 1. The quantitative estimate of drug-likeness (QED) is 0.306. The Bertz CT molecular complexity index is 1480. The molecular weight excluding hydrogens is 566 g/mol. The van der Waals surface area contributed by atoms with E-state index in [4.69, 9.17) is 14.2 Å². The van der Waals surface area contributed by atoms with Crippen molar-refractivity contribution in [2.45, 2.75) is 29.8 Å². The van der Waals surface area contributed by atoms with Gasteiger partial charge in [-0.15, -0.1) is 0 Å². The van der Waals surface area contributed by atoms with Crippen LogP contribution in [0.15, 0.2) is 65.6 Å². The summed E-state index contributed by atoms with van der Waals surface area (Å²) in [6.45, 7) is 1.00. The molecule has 0 unspecified atom stereocenters. The molecule has 40 heavy (non-hydrogen) atoms. The number of benzene rings is 3. The van der Waals surface area contributed by atoms with E-state index in [-0.39, 0.29) is 11.4 Å². The molecule has 4 rings (SSSR count). The summed E-state index contributed by atoms with van der Waals surface area (Å²) in [5.41, 5.74) is -2.60. The molecule has 1 aliphatic rings. The fourth-order valence-electron chi connectivity index (χ4n) is 4.08. The van der Waals surface area contributed by atoms with Crippen molar-refractivity contribution < 1.29 is 49.0 Å². The van der Waals surface area contributed by atoms with E-state index in [1.54, 1.807) is 7.05 Å². The maximum absolute atomic E-state index is 13.7. The normalized spacial score (nSPS) is 16.6. The number of halogens is 6. The van der Waals surface area contributed by atoms with E-state index in [0.29, 0.717) is 43.5 Å². The number of likely N-dealkylation sites (tertiary alicyclic amines) is 1. The average Bonchev–Trinajstić information content (AvgIpc) is 3.27. The molecule has 1 saturated heterocycles. The van der Waals surface area contributed by atoms with Gasteiger partial charge in [-0.2, -0.15) is 26.3 Å². The minimum Gasteiger partial charge on any atom is -0.497 e. The molecule has 1 aliphatic heterocycles. The van der Waals surface area contributed by atoms with Crippen molar-refractivity contribution in [3.63, 3.8) is 0 Å². The van der Waals surface area contributed by atoms with Gasteiger partial charge in [0.1, 0.15) is 29.1 Å². The first-order valence-electron chi connectivity index (χ1n) is 11.8. The molecule has 0 aliphatic carbocycles. The predicted octanol–water partition coefficient (Wildman–Crippen LogP) is 6.41. The predicted molar refractivity (Wildman–Crippen MR) is 133 cm³/mol. The van der Waals surface area contributed by atoms with Crippen LogP contribution in [0.4, 0.5) is 32.0 Å². The fraction of sp³-hybridized carbons (Fsp3) is 0.308. The van der Waals surface area contributed by atoms with Crippen molar-refractivity contribution in [3.8, 4) is 23.0 Å². The van der Waals surface area contributed by atoms with Crippen molar-refractivity contribution in [1.82, 2.24) is 4.90 Å². The zero-order valence-corrected chi connectivity index (χ0v) is 22.0. The second-order valence-electron chi connectivity index (χ2n) is 9.04. The molecule has 1 fully saturated rings. The van der Waals surface area contributed by atoms with E-state index >= 15 is 0 Å². The second kappa shape index (κ2) is 11.1. The van der Waals surface area contributed by atoms with Crippen molar-refractivity contribution >= 4 is 15.7 Å². The van der Waals surface area contributed by atoms with Gasteiger partial charge >= 0.3 is 12.4 Å². The smallest absolute Gasteiger partial charge is 0.419 e. The SMILES string of the molecule is COc1cccc(Oc2cc(S(=O)(=O)Nc3ccc(C(F)(F)F)c(O[C@@H]4CCN(C)C4)c3)ccc2C(F)(F)F)c1. The van der Waals surface area contributed by atoms with Gasteiger partial charge in [-0.25, -0.2) is 8.42 Å². The number of hydrogen-bond acceptors (Lipinski definition) is 6. The Morgan fingerprint density at radius 3 is 2.15 bits per heavy atom. The summed E-state index contributed by atoms with van der Waals surface area (Å²) in [6.07, 6.45) is -9.70. The van der Waals surface area contributed by atoms with Crippen molar-refractivity contribution in [1.29, 1.82) is 0 Å². The number of ether oxygens (including phenoxy) is 3. The number of likely N-dealkylation sites (N-methyl/N-ethyl adjacent to an activating group) is 1. The number of sulfonamides is 1. The van der Waals surface area contributed by atoms with E-state index < -0.39 is 56.0 Å². The highest BCUT2D eigenvalue weighted by Crippen LogP contribution is 2.41. The van der Waals surface area contributed by atoms with Gasteiger partial charge in [-0.1, -0.05) is 6.07 Å². The van der Waals surface area contributed by atoms with Crippen LogP contribution in [-0.4, -0.2) is 46.7 Å². The van der Waals surface area contributed by atoms with E-state index in [2.05, 4.69) is 4.72 Å². The Morgan fingerprint density at radius 2 is 1.52 bits per heavy atom. The van der Waals surface area contributed by atoms with Crippen LogP contribution >= 0.6 is 0 Å². The maximum atomic E-state index is 13.7. The van der Waals surface area contributed by atoms with Crippen LogP contribution < -0.4 is 18.9 Å². The van der Waals surface area contributed by atoms with Crippen molar-refractivity contribution in [2.24, 2.45) is 0 Å². The Balaban J connectivity index is 1.67. The summed E-state index contributed by atoms with van der Waals surface area (Å²) in [5, 5.41) is 0. The largest absolute Gasteiger partial charge is 0.497 e. The third-order valence-corrected chi connectivity index (χ3v) is 7.40. The highest BCUT2D eigenvalue weighted by Gasteiger charge is 2.37. The Hall–Kier alpha value is -3.65. The van der Waals surface area contributed by atoms with E-state index in [9.17, 15) is 34.8 Å². The molecule has 0 saturated carbocycles.